The normalized spacial score (nSPS) is 56.4. The highest BCUT2D eigenvalue weighted by atomic mass is 16.7. The van der Waals surface area contributed by atoms with Crippen molar-refractivity contribution in [3.63, 3.8) is 0 Å². The number of allylic oxidation sites excluding steroid dienone is 2. The van der Waals surface area contributed by atoms with Crippen LogP contribution in [0.2, 0.25) is 0 Å². The van der Waals surface area contributed by atoms with Gasteiger partial charge in [0.2, 0.25) is 0 Å². The van der Waals surface area contributed by atoms with Gasteiger partial charge in [0.15, 0.2) is 6.29 Å². The van der Waals surface area contributed by atoms with Crippen LogP contribution in [0.1, 0.15) is 113 Å². The molecule has 3 nitrogen and oxygen atoms in total. The zero-order valence-electron chi connectivity index (χ0n) is 23.9. The fourth-order valence-corrected chi connectivity index (χ4v) is 11.4. The fourth-order valence-electron chi connectivity index (χ4n) is 11.4. The highest BCUT2D eigenvalue weighted by Gasteiger charge is 2.70. The molecule has 1 spiro atoms. The number of hydrogen-bond donors (Lipinski definition) is 1. The lowest BCUT2D eigenvalue weighted by molar-refractivity contribution is -0.306. The van der Waals surface area contributed by atoms with Crippen molar-refractivity contribution in [2.45, 2.75) is 132 Å². The van der Waals surface area contributed by atoms with Gasteiger partial charge < -0.3 is 14.6 Å². The van der Waals surface area contributed by atoms with Crippen LogP contribution in [0.15, 0.2) is 11.6 Å². The van der Waals surface area contributed by atoms with Gasteiger partial charge in [-0.15, -0.1) is 0 Å². The predicted octanol–water partition coefficient (Wildman–Crippen LogP) is 7.52. The Bertz CT molecular complexity index is 920. The molecule has 0 aromatic heterocycles. The van der Waals surface area contributed by atoms with E-state index in [0.29, 0.717) is 34.7 Å². The number of fused-ring (bicyclic) bond motifs is 6. The zero-order valence-corrected chi connectivity index (χ0v) is 23.9. The molecule has 0 aromatic carbocycles. The topological polar surface area (TPSA) is 38.7 Å². The van der Waals surface area contributed by atoms with E-state index in [1.54, 1.807) is 5.57 Å². The molecule has 198 valence electrons. The zero-order chi connectivity index (χ0) is 25.2. The Kier molecular flexibility index (Phi) is 5.26. The molecule has 0 amide bonds. The van der Waals surface area contributed by atoms with Crippen LogP contribution in [0, 0.1) is 50.2 Å². The average molecular weight is 485 g/mol. The minimum atomic E-state index is -0.160. The van der Waals surface area contributed by atoms with Crippen molar-refractivity contribution in [2.75, 3.05) is 6.61 Å². The predicted molar refractivity (Wildman–Crippen MR) is 141 cm³/mol. The molecule has 1 saturated heterocycles. The van der Waals surface area contributed by atoms with Crippen molar-refractivity contribution in [2.24, 2.45) is 50.2 Å². The average Bonchev–Trinajstić information content (AvgIpc) is 2.76. The van der Waals surface area contributed by atoms with Crippen LogP contribution >= 0.6 is 0 Å². The van der Waals surface area contributed by atoms with Crippen molar-refractivity contribution in [1.29, 1.82) is 0 Å². The van der Waals surface area contributed by atoms with E-state index >= 15 is 0 Å². The number of ether oxygens (including phenoxy) is 2. The molecule has 0 bridgehead atoms. The maximum absolute atomic E-state index is 11.0. The van der Waals surface area contributed by atoms with E-state index in [1.807, 2.05) is 0 Å². The van der Waals surface area contributed by atoms with Gasteiger partial charge in [0, 0.05) is 5.41 Å². The van der Waals surface area contributed by atoms with Gasteiger partial charge in [0.25, 0.3) is 0 Å². The van der Waals surface area contributed by atoms with E-state index in [4.69, 9.17) is 9.47 Å². The summed E-state index contributed by atoms with van der Waals surface area (Å²) in [4.78, 5) is 0. The minimum Gasteiger partial charge on any atom is -0.393 e. The molecular formula is C32H52O3. The lowest BCUT2D eigenvalue weighted by Crippen LogP contribution is -2.68. The summed E-state index contributed by atoms with van der Waals surface area (Å²) in [6.07, 6.45) is 13.6. The van der Waals surface area contributed by atoms with Crippen LogP contribution in [-0.4, -0.2) is 30.2 Å². The number of aliphatic hydroxyl groups is 1. The highest BCUT2D eigenvalue weighted by molar-refractivity contribution is 5.35. The van der Waals surface area contributed by atoms with Gasteiger partial charge in [-0.05, 0) is 110 Å². The van der Waals surface area contributed by atoms with Gasteiger partial charge in [-0.1, -0.05) is 60.1 Å². The summed E-state index contributed by atoms with van der Waals surface area (Å²) < 4.78 is 13.0. The number of aliphatic hydroxyl groups excluding tert-OH is 1. The molecule has 1 N–H and O–H groups in total. The summed E-state index contributed by atoms with van der Waals surface area (Å²) in [5, 5.41) is 11.0. The molecule has 10 atom stereocenters. The first-order chi connectivity index (χ1) is 16.2. The fraction of sp³-hybridized carbons (Fsp3) is 0.938. The van der Waals surface area contributed by atoms with Crippen molar-refractivity contribution in [3.8, 4) is 0 Å². The minimum absolute atomic E-state index is 0.00753. The summed E-state index contributed by atoms with van der Waals surface area (Å²) in [7, 11) is 0. The quantitative estimate of drug-likeness (QED) is 0.361. The van der Waals surface area contributed by atoms with Gasteiger partial charge >= 0.3 is 0 Å². The van der Waals surface area contributed by atoms with Crippen molar-refractivity contribution < 1.29 is 14.6 Å². The lowest BCUT2D eigenvalue weighted by atomic mass is 9.33. The molecule has 5 fully saturated rings. The third-order valence-corrected chi connectivity index (χ3v) is 13.8. The van der Waals surface area contributed by atoms with E-state index in [1.165, 1.54) is 44.9 Å². The Balaban J connectivity index is 1.46. The summed E-state index contributed by atoms with van der Waals surface area (Å²) in [5.41, 5.74) is 3.08. The molecule has 35 heavy (non-hydrogen) atoms. The monoisotopic (exact) mass is 484 g/mol. The molecule has 1 heterocycles. The second-order valence-electron chi connectivity index (χ2n) is 16.0. The van der Waals surface area contributed by atoms with E-state index in [9.17, 15) is 5.11 Å². The molecule has 3 heteroatoms. The third kappa shape index (κ3) is 3.07. The molecule has 6 rings (SSSR count). The molecule has 0 radical (unpaired) electrons. The summed E-state index contributed by atoms with van der Waals surface area (Å²) in [5.74, 6) is 1.86. The van der Waals surface area contributed by atoms with Crippen LogP contribution in [0.4, 0.5) is 0 Å². The standard InChI is InChI=1S/C32H52O3/c1-20-34-19-32-16-15-27(2,3)17-22(32)21-9-10-24-29(6)13-12-25(33)28(4,5)23(29)11-14-30(24,7)31(21,8)18-26(32)35-20/h9,20,22-26,33H,10-19H2,1-8H3. The van der Waals surface area contributed by atoms with Crippen LogP contribution < -0.4 is 0 Å². The molecule has 10 unspecified atom stereocenters. The smallest absolute Gasteiger partial charge is 0.155 e. The van der Waals surface area contributed by atoms with Crippen molar-refractivity contribution >= 4 is 0 Å². The SMILES string of the molecule is CC1OCC23CCC(C)(C)CC2C2=CCC4C5(C)CCC(O)C(C)(C)C5CCC4(C)C2(C)CC3O1. The highest BCUT2D eigenvalue weighted by Crippen LogP contribution is 2.76. The van der Waals surface area contributed by atoms with Crippen LogP contribution in [0.5, 0.6) is 0 Å². The Morgan fingerprint density at radius 3 is 2.37 bits per heavy atom. The Labute approximate surface area is 214 Å². The first-order valence-electron chi connectivity index (χ1n) is 14.9. The second kappa shape index (κ2) is 7.38. The lowest BCUT2D eigenvalue weighted by Gasteiger charge is -2.72. The maximum Gasteiger partial charge on any atom is 0.155 e. The Hall–Kier alpha value is -0.380. The molecule has 6 aliphatic rings. The summed E-state index contributed by atoms with van der Waals surface area (Å²) in [6, 6.07) is 0. The van der Waals surface area contributed by atoms with E-state index in [2.05, 4.69) is 61.5 Å². The van der Waals surface area contributed by atoms with Gasteiger partial charge in [0.05, 0.1) is 18.8 Å². The van der Waals surface area contributed by atoms with E-state index < -0.39 is 0 Å². The molecule has 4 saturated carbocycles. The van der Waals surface area contributed by atoms with Crippen molar-refractivity contribution in [1.82, 2.24) is 0 Å². The first-order valence-corrected chi connectivity index (χ1v) is 14.9. The van der Waals surface area contributed by atoms with E-state index in [-0.39, 0.29) is 34.1 Å². The third-order valence-electron chi connectivity index (χ3n) is 13.8. The van der Waals surface area contributed by atoms with Crippen LogP contribution in [-0.2, 0) is 9.47 Å². The molecular weight excluding hydrogens is 432 g/mol. The van der Waals surface area contributed by atoms with Gasteiger partial charge in [-0.3, -0.25) is 0 Å². The largest absolute Gasteiger partial charge is 0.393 e. The second-order valence-corrected chi connectivity index (χ2v) is 16.0. The maximum atomic E-state index is 11.0. The van der Waals surface area contributed by atoms with Crippen LogP contribution in [0.3, 0.4) is 0 Å². The molecule has 0 aromatic rings. The molecule has 5 aliphatic carbocycles. The van der Waals surface area contributed by atoms with Gasteiger partial charge in [-0.25, -0.2) is 0 Å². The number of hydrogen-bond acceptors (Lipinski definition) is 3. The van der Waals surface area contributed by atoms with Crippen molar-refractivity contribution in [3.05, 3.63) is 11.6 Å². The van der Waals surface area contributed by atoms with Gasteiger partial charge in [-0.2, -0.15) is 0 Å². The van der Waals surface area contributed by atoms with E-state index in [0.717, 1.165) is 19.4 Å². The first kappa shape index (κ1) is 24.9. The van der Waals surface area contributed by atoms with Gasteiger partial charge in [0.1, 0.15) is 0 Å². The molecule has 1 aliphatic heterocycles. The summed E-state index contributed by atoms with van der Waals surface area (Å²) in [6.45, 7) is 20.6. The Morgan fingerprint density at radius 2 is 1.63 bits per heavy atom. The van der Waals surface area contributed by atoms with Crippen LogP contribution in [0.25, 0.3) is 0 Å². The Morgan fingerprint density at radius 1 is 0.886 bits per heavy atom. The number of rotatable bonds is 0. The summed E-state index contributed by atoms with van der Waals surface area (Å²) >= 11 is 0.